The molecule has 0 saturated heterocycles. The predicted molar refractivity (Wildman–Crippen MR) is 112 cm³/mol. The van der Waals surface area contributed by atoms with Crippen molar-refractivity contribution in [3.8, 4) is 0 Å². The van der Waals surface area contributed by atoms with Gasteiger partial charge in [-0.25, -0.2) is 9.98 Å². The van der Waals surface area contributed by atoms with Crippen LogP contribution in [-0.2, 0) is 6.54 Å². The molecule has 1 heterocycles. The third-order valence-electron chi connectivity index (χ3n) is 4.82. The van der Waals surface area contributed by atoms with E-state index in [-0.39, 0.29) is 36.3 Å². The van der Waals surface area contributed by atoms with Crippen molar-refractivity contribution in [1.82, 2.24) is 20.2 Å². The second-order valence-corrected chi connectivity index (χ2v) is 7.38. The van der Waals surface area contributed by atoms with Crippen LogP contribution in [0.3, 0.4) is 0 Å². The van der Waals surface area contributed by atoms with Gasteiger partial charge >= 0.3 is 6.55 Å². The van der Waals surface area contributed by atoms with E-state index in [4.69, 9.17) is 0 Å². The maximum atomic E-state index is 12.9. The third-order valence-corrected chi connectivity index (χ3v) is 4.82. The Morgan fingerprint density at radius 3 is 2.58 bits per heavy atom. The minimum Gasteiger partial charge on any atom is -0.357 e. The average Bonchev–Trinajstić information content (AvgIpc) is 3.19. The van der Waals surface area contributed by atoms with E-state index in [2.05, 4.69) is 34.5 Å². The van der Waals surface area contributed by atoms with Crippen LogP contribution >= 0.6 is 24.0 Å². The lowest BCUT2D eigenvalue weighted by atomic mass is 9.78. The number of nitrogens with one attached hydrogen (secondary N) is 2. The molecule has 0 spiro atoms. The van der Waals surface area contributed by atoms with Crippen molar-refractivity contribution in [2.75, 3.05) is 13.1 Å². The van der Waals surface area contributed by atoms with Crippen LogP contribution in [0, 0.1) is 11.3 Å². The summed E-state index contributed by atoms with van der Waals surface area (Å²) in [5.41, 5.74) is 0.325. The molecule has 150 valence electrons. The molecule has 26 heavy (non-hydrogen) atoms. The summed E-state index contributed by atoms with van der Waals surface area (Å²) in [6, 6.07) is 0. The molecule has 2 rings (SSSR count). The molecule has 1 fully saturated rings. The van der Waals surface area contributed by atoms with Crippen LogP contribution in [0.1, 0.15) is 65.2 Å². The van der Waals surface area contributed by atoms with Gasteiger partial charge in [-0.15, -0.1) is 24.0 Å². The molecule has 0 bridgehead atoms. The molecule has 0 radical (unpaired) electrons. The SMILES string of the molecule is CCNC(=NCc1nccn1C(F)F)NCC1(CC(C)C)CCCC1.I. The lowest BCUT2D eigenvalue weighted by Crippen LogP contribution is -2.43. The Balaban J connectivity index is 0.00000338. The highest BCUT2D eigenvalue weighted by Gasteiger charge is 2.34. The summed E-state index contributed by atoms with van der Waals surface area (Å²) in [6.45, 7) is 5.68. The Labute approximate surface area is 172 Å². The number of alkyl halides is 2. The second-order valence-electron chi connectivity index (χ2n) is 7.38. The summed E-state index contributed by atoms with van der Waals surface area (Å²) < 4.78 is 26.7. The van der Waals surface area contributed by atoms with Gasteiger partial charge in [0, 0.05) is 25.5 Å². The van der Waals surface area contributed by atoms with Crippen molar-refractivity contribution in [2.45, 2.75) is 66.0 Å². The minimum absolute atomic E-state index is 0. The minimum atomic E-state index is -2.59. The topological polar surface area (TPSA) is 54.2 Å². The van der Waals surface area contributed by atoms with E-state index in [0.29, 0.717) is 17.3 Å². The fraction of sp³-hybridized carbons (Fsp3) is 0.778. The fourth-order valence-electron chi connectivity index (χ4n) is 3.85. The van der Waals surface area contributed by atoms with Crippen LogP contribution in [0.5, 0.6) is 0 Å². The molecule has 0 aliphatic heterocycles. The number of nitrogens with zero attached hydrogens (tertiary/aromatic N) is 3. The van der Waals surface area contributed by atoms with Gasteiger partial charge in [-0.3, -0.25) is 4.57 Å². The molecule has 1 aromatic rings. The Morgan fingerprint density at radius 1 is 1.31 bits per heavy atom. The first-order chi connectivity index (χ1) is 12.0. The first-order valence-corrected chi connectivity index (χ1v) is 9.28. The third kappa shape index (κ3) is 6.66. The molecule has 8 heteroatoms. The van der Waals surface area contributed by atoms with Crippen LogP contribution in [0.4, 0.5) is 8.78 Å². The summed E-state index contributed by atoms with van der Waals surface area (Å²) in [6.07, 6.45) is 8.93. The number of halogens is 3. The summed E-state index contributed by atoms with van der Waals surface area (Å²) in [4.78, 5) is 8.43. The molecule has 1 aliphatic rings. The van der Waals surface area contributed by atoms with E-state index >= 15 is 0 Å². The van der Waals surface area contributed by atoms with Crippen molar-refractivity contribution in [3.05, 3.63) is 18.2 Å². The molecular weight excluding hydrogens is 451 g/mol. The van der Waals surface area contributed by atoms with Crippen LogP contribution < -0.4 is 10.6 Å². The molecule has 0 aromatic carbocycles. The van der Waals surface area contributed by atoms with Gasteiger partial charge in [0.15, 0.2) is 5.96 Å². The molecule has 0 amide bonds. The zero-order valence-corrected chi connectivity index (χ0v) is 18.3. The van der Waals surface area contributed by atoms with Gasteiger partial charge < -0.3 is 10.6 Å². The van der Waals surface area contributed by atoms with Crippen molar-refractivity contribution >= 4 is 29.9 Å². The standard InChI is InChI=1S/C18H31F2N5.HI/c1-4-21-17(23-12-15-22-9-10-25(15)16(19)20)24-13-18(11-14(2)3)7-5-6-8-18;/h9-10,14,16H,4-8,11-13H2,1-3H3,(H2,21,23,24);1H. The highest BCUT2D eigenvalue weighted by Crippen LogP contribution is 2.42. The van der Waals surface area contributed by atoms with Gasteiger partial charge in [0.2, 0.25) is 0 Å². The molecule has 1 aromatic heterocycles. The van der Waals surface area contributed by atoms with Gasteiger partial charge in [0.05, 0.1) is 0 Å². The monoisotopic (exact) mass is 483 g/mol. The molecule has 2 N–H and O–H groups in total. The average molecular weight is 483 g/mol. The Kier molecular flexibility index (Phi) is 9.81. The number of rotatable bonds is 8. The number of aliphatic imine (C=N–C) groups is 1. The van der Waals surface area contributed by atoms with E-state index in [1.165, 1.54) is 44.5 Å². The van der Waals surface area contributed by atoms with Gasteiger partial charge in [0.25, 0.3) is 0 Å². The van der Waals surface area contributed by atoms with Crippen molar-refractivity contribution in [3.63, 3.8) is 0 Å². The Morgan fingerprint density at radius 2 is 2.00 bits per heavy atom. The number of aromatic nitrogens is 2. The highest BCUT2D eigenvalue weighted by molar-refractivity contribution is 14.0. The Hall–Kier alpha value is -0.930. The molecular formula is C18H32F2IN5. The molecule has 0 atom stereocenters. The van der Waals surface area contributed by atoms with E-state index < -0.39 is 6.55 Å². The predicted octanol–water partition coefficient (Wildman–Crippen LogP) is 4.56. The molecule has 1 saturated carbocycles. The van der Waals surface area contributed by atoms with Crippen LogP contribution in [0.2, 0.25) is 0 Å². The van der Waals surface area contributed by atoms with Gasteiger partial charge in [0.1, 0.15) is 12.4 Å². The summed E-state index contributed by atoms with van der Waals surface area (Å²) >= 11 is 0. The molecule has 5 nitrogen and oxygen atoms in total. The van der Waals surface area contributed by atoms with Gasteiger partial charge in [-0.05, 0) is 37.5 Å². The van der Waals surface area contributed by atoms with Crippen LogP contribution in [0.25, 0.3) is 0 Å². The smallest absolute Gasteiger partial charge is 0.319 e. The largest absolute Gasteiger partial charge is 0.357 e. The Bertz CT molecular complexity index is 554. The zero-order chi connectivity index (χ0) is 18.3. The van der Waals surface area contributed by atoms with Crippen LogP contribution in [0.15, 0.2) is 17.4 Å². The van der Waals surface area contributed by atoms with Crippen LogP contribution in [-0.4, -0.2) is 28.6 Å². The summed E-state index contributed by atoms with van der Waals surface area (Å²) in [7, 11) is 0. The number of imidazole rings is 1. The quantitative estimate of drug-likeness (QED) is 0.324. The lowest BCUT2D eigenvalue weighted by Gasteiger charge is -2.32. The van der Waals surface area contributed by atoms with E-state index in [1.807, 2.05) is 6.92 Å². The number of hydrogen-bond acceptors (Lipinski definition) is 2. The number of hydrogen-bond donors (Lipinski definition) is 2. The maximum Gasteiger partial charge on any atom is 0.319 e. The molecule has 1 aliphatic carbocycles. The second kappa shape index (κ2) is 11.0. The van der Waals surface area contributed by atoms with Crippen molar-refractivity contribution in [2.24, 2.45) is 16.3 Å². The van der Waals surface area contributed by atoms with Gasteiger partial charge in [-0.2, -0.15) is 8.78 Å². The first kappa shape index (κ1) is 23.1. The molecule has 0 unspecified atom stereocenters. The first-order valence-electron chi connectivity index (χ1n) is 9.28. The van der Waals surface area contributed by atoms with Crippen molar-refractivity contribution < 1.29 is 8.78 Å². The maximum absolute atomic E-state index is 12.9. The zero-order valence-electron chi connectivity index (χ0n) is 16.0. The highest BCUT2D eigenvalue weighted by atomic mass is 127. The normalized spacial score (nSPS) is 16.8. The van der Waals surface area contributed by atoms with E-state index in [9.17, 15) is 8.78 Å². The lowest BCUT2D eigenvalue weighted by molar-refractivity contribution is 0.0671. The van der Waals surface area contributed by atoms with E-state index in [1.54, 1.807) is 0 Å². The summed E-state index contributed by atoms with van der Waals surface area (Å²) in [5.74, 6) is 1.60. The van der Waals surface area contributed by atoms with Crippen molar-refractivity contribution in [1.29, 1.82) is 0 Å². The summed E-state index contributed by atoms with van der Waals surface area (Å²) in [5, 5.41) is 6.64. The van der Waals surface area contributed by atoms with Gasteiger partial charge in [-0.1, -0.05) is 26.7 Å². The fourth-order valence-corrected chi connectivity index (χ4v) is 3.85. The van der Waals surface area contributed by atoms with E-state index in [0.717, 1.165) is 17.7 Å². The number of guanidine groups is 1.